The summed E-state index contributed by atoms with van der Waals surface area (Å²) in [6, 6.07) is 11.4. The second-order valence-corrected chi connectivity index (χ2v) is 14.0. The third-order valence-electron chi connectivity index (χ3n) is 11.0. The molecule has 40 heavy (non-hydrogen) atoms. The summed E-state index contributed by atoms with van der Waals surface area (Å²) in [5.41, 5.74) is 3.29. The molecule has 0 radical (unpaired) electrons. The summed E-state index contributed by atoms with van der Waals surface area (Å²) in [6.45, 7) is 4.65. The Kier molecular flexibility index (Phi) is 13.7. The third-order valence-corrected chi connectivity index (χ3v) is 11.0. The lowest BCUT2D eigenvalue weighted by atomic mass is 9.68. The molecule has 2 fully saturated rings. The molecule has 0 heterocycles. The topological polar surface area (TPSA) is 0 Å². The van der Waals surface area contributed by atoms with Crippen LogP contribution < -0.4 is 0 Å². The van der Waals surface area contributed by atoms with Gasteiger partial charge < -0.3 is 0 Å². The maximum atomic E-state index is 2.61. The van der Waals surface area contributed by atoms with Gasteiger partial charge in [-0.1, -0.05) is 157 Å². The average Bonchev–Trinajstić information content (AvgIpc) is 3.01. The quantitative estimate of drug-likeness (QED) is 0.144. The molecular weight excluding hydrogens is 480 g/mol. The normalized spacial score (nSPS) is 29.1. The van der Waals surface area contributed by atoms with Crippen molar-refractivity contribution in [2.24, 2.45) is 23.7 Å². The molecule has 3 aliphatic rings. The first kappa shape index (κ1) is 31.4. The van der Waals surface area contributed by atoms with E-state index >= 15 is 0 Å². The van der Waals surface area contributed by atoms with Gasteiger partial charge in [0.05, 0.1) is 0 Å². The Labute approximate surface area is 249 Å². The highest BCUT2D eigenvalue weighted by Gasteiger charge is 2.32. The Morgan fingerprint density at radius 2 is 1.32 bits per heavy atom. The number of benzene rings is 1. The summed E-state index contributed by atoms with van der Waals surface area (Å²) in [6.07, 6.45) is 42.2. The van der Waals surface area contributed by atoms with Gasteiger partial charge in [-0.15, -0.1) is 0 Å². The van der Waals surface area contributed by atoms with E-state index in [-0.39, 0.29) is 5.41 Å². The lowest BCUT2D eigenvalue weighted by Crippen LogP contribution is -2.26. The van der Waals surface area contributed by atoms with Crippen LogP contribution >= 0.6 is 0 Å². The first-order chi connectivity index (χ1) is 19.7. The van der Waals surface area contributed by atoms with Crippen LogP contribution in [0.15, 0.2) is 66.3 Å². The Hall–Kier alpha value is -1.56. The van der Waals surface area contributed by atoms with E-state index in [0.717, 1.165) is 23.7 Å². The van der Waals surface area contributed by atoms with Gasteiger partial charge in [0.2, 0.25) is 0 Å². The molecule has 0 aromatic heterocycles. The minimum atomic E-state index is 0.203. The van der Waals surface area contributed by atoms with E-state index in [1.165, 1.54) is 140 Å². The summed E-state index contributed by atoms with van der Waals surface area (Å²) in [5.74, 6) is 3.82. The van der Waals surface area contributed by atoms with Crippen LogP contribution in [0.1, 0.15) is 154 Å². The fraction of sp³-hybridized carbons (Fsp3) is 0.700. The van der Waals surface area contributed by atoms with Crippen molar-refractivity contribution in [2.45, 2.75) is 154 Å². The van der Waals surface area contributed by atoms with Crippen molar-refractivity contribution in [1.29, 1.82) is 0 Å². The molecule has 0 bridgehead atoms. The smallest absolute Gasteiger partial charge is 0.0170 e. The summed E-state index contributed by atoms with van der Waals surface area (Å²) in [5, 5.41) is 0. The lowest BCUT2D eigenvalue weighted by Gasteiger charge is -2.36. The number of rotatable bonds is 16. The number of hydrogen-bond acceptors (Lipinski definition) is 0. The molecule has 1 aromatic rings. The second kappa shape index (κ2) is 17.4. The van der Waals surface area contributed by atoms with Gasteiger partial charge in [0.15, 0.2) is 0 Å². The van der Waals surface area contributed by atoms with Crippen LogP contribution in [0, 0.1) is 23.7 Å². The molecule has 0 heteroatoms. The van der Waals surface area contributed by atoms with E-state index in [2.05, 4.69) is 74.6 Å². The summed E-state index contributed by atoms with van der Waals surface area (Å²) >= 11 is 0. The van der Waals surface area contributed by atoms with Crippen LogP contribution in [0.25, 0.3) is 0 Å². The highest BCUT2D eigenvalue weighted by Crippen LogP contribution is 2.42. The first-order valence-corrected chi connectivity index (χ1v) is 17.8. The van der Waals surface area contributed by atoms with Gasteiger partial charge in [-0.05, 0) is 87.0 Å². The number of unbranched alkanes of at least 4 members (excludes halogenated alkanes) is 4. The van der Waals surface area contributed by atoms with Gasteiger partial charge in [-0.3, -0.25) is 0 Å². The standard InChI is InChI=1S/C40H62/c1-3-5-8-14-34-20-22-36(23-21-34)16-12-13-17-37-28-31-40(32-29-37,39-18-10-7-11-19-39)33-30-38-26-24-35(25-27-38)15-9-6-4-2/h7,10-12,16,18-19,28-29,31,34-36,38H,3-6,8-9,13-15,17,20-27,30,32-33H2,1-2H3. The molecule has 0 nitrogen and oxygen atoms in total. The SMILES string of the molecule is CCCCCC1CCC(C=CCCC2=CCC(CCC3CCC(CCCCC)CC3)(c3ccccc3)C=C2)CC1. The fourth-order valence-electron chi connectivity index (χ4n) is 8.06. The molecule has 0 N–H and O–H groups in total. The molecule has 0 aliphatic heterocycles. The summed E-state index contributed by atoms with van der Waals surface area (Å²) in [7, 11) is 0. The molecule has 0 spiro atoms. The van der Waals surface area contributed by atoms with Gasteiger partial charge in [0.1, 0.15) is 0 Å². The maximum absolute atomic E-state index is 2.61. The van der Waals surface area contributed by atoms with Crippen molar-refractivity contribution < 1.29 is 0 Å². The van der Waals surface area contributed by atoms with E-state index in [9.17, 15) is 0 Å². The van der Waals surface area contributed by atoms with Gasteiger partial charge in [-0.25, -0.2) is 0 Å². The molecule has 0 saturated heterocycles. The van der Waals surface area contributed by atoms with Crippen molar-refractivity contribution in [3.8, 4) is 0 Å². The Morgan fingerprint density at radius 3 is 1.90 bits per heavy atom. The second-order valence-electron chi connectivity index (χ2n) is 14.0. The Morgan fingerprint density at radius 1 is 0.725 bits per heavy atom. The van der Waals surface area contributed by atoms with Crippen molar-refractivity contribution in [2.75, 3.05) is 0 Å². The number of allylic oxidation sites excluding steroid dienone is 6. The van der Waals surface area contributed by atoms with Crippen molar-refractivity contribution in [1.82, 2.24) is 0 Å². The molecule has 1 atom stereocenters. The van der Waals surface area contributed by atoms with E-state index in [4.69, 9.17) is 0 Å². The average molecular weight is 543 g/mol. The van der Waals surface area contributed by atoms with Crippen molar-refractivity contribution >= 4 is 0 Å². The first-order valence-electron chi connectivity index (χ1n) is 17.8. The van der Waals surface area contributed by atoms with Crippen LogP contribution in [0.4, 0.5) is 0 Å². The van der Waals surface area contributed by atoms with Crippen molar-refractivity contribution in [3.05, 3.63) is 71.8 Å². The lowest BCUT2D eigenvalue weighted by molar-refractivity contribution is 0.236. The molecular formula is C40H62. The zero-order valence-electron chi connectivity index (χ0n) is 26.4. The van der Waals surface area contributed by atoms with Crippen LogP contribution in [-0.4, -0.2) is 0 Å². The zero-order chi connectivity index (χ0) is 27.9. The molecule has 0 amide bonds. The highest BCUT2D eigenvalue weighted by molar-refractivity contribution is 5.39. The third kappa shape index (κ3) is 10.1. The largest absolute Gasteiger partial charge is 0.0879 e. The van der Waals surface area contributed by atoms with E-state index < -0.39 is 0 Å². The van der Waals surface area contributed by atoms with Gasteiger partial charge >= 0.3 is 0 Å². The zero-order valence-corrected chi connectivity index (χ0v) is 26.4. The molecule has 3 aliphatic carbocycles. The van der Waals surface area contributed by atoms with Crippen molar-refractivity contribution in [3.63, 3.8) is 0 Å². The van der Waals surface area contributed by atoms with E-state index in [1.54, 1.807) is 5.57 Å². The van der Waals surface area contributed by atoms with E-state index in [0.29, 0.717) is 0 Å². The molecule has 2 saturated carbocycles. The van der Waals surface area contributed by atoms with Gasteiger partial charge in [0.25, 0.3) is 0 Å². The fourth-order valence-corrected chi connectivity index (χ4v) is 8.06. The van der Waals surface area contributed by atoms with Crippen LogP contribution in [-0.2, 0) is 5.41 Å². The van der Waals surface area contributed by atoms with Crippen LogP contribution in [0.5, 0.6) is 0 Å². The van der Waals surface area contributed by atoms with Gasteiger partial charge in [0, 0.05) is 5.41 Å². The van der Waals surface area contributed by atoms with Crippen LogP contribution in [0.3, 0.4) is 0 Å². The summed E-state index contributed by atoms with van der Waals surface area (Å²) < 4.78 is 0. The molecule has 1 unspecified atom stereocenters. The van der Waals surface area contributed by atoms with E-state index in [1.807, 2.05) is 0 Å². The minimum Gasteiger partial charge on any atom is -0.0879 e. The Bertz CT molecular complexity index is 887. The predicted octanol–water partition coefficient (Wildman–Crippen LogP) is 12.7. The highest BCUT2D eigenvalue weighted by atomic mass is 14.4. The maximum Gasteiger partial charge on any atom is 0.0170 e. The summed E-state index contributed by atoms with van der Waals surface area (Å²) in [4.78, 5) is 0. The number of hydrogen-bond donors (Lipinski definition) is 0. The molecule has 1 aromatic carbocycles. The molecule has 222 valence electrons. The monoisotopic (exact) mass is 542 g/mol. The molecule has 4 rings (SSSR count). The van der Waals surface area contributed by atoms with Crippen LogP contribution in [0.2, 0.25) is 0 Å². The minimum absolute atomic E-state index is 0.203. The Balaban J connectivity index is 1.21. The predicted molar refractivity (Wildman–Crippen MR) is 177 cm³/mol. The van der Waals surface area contributed by atoms with Gasteiger partial charge in [-0.2, -0.15) is 0 Å².